The molecule has 21 heavy (non-hydrogen) atoms. The summed E-state index contributed by atoms with van der Waals surface area (Å²) in [6.07, 6.45) is 1.41. The van der Waals surface area contributed by atoms with E-state index in [2.05, 4.69) is 15.3 Å². The van der Waals surface area contributed by atoms with Gasteiger partial charge in [0.15, 0.2) is 0 Å². The highest BCUT2D eigenvalue weighted by Crippen LogP contribution is 2.33. The largest absolute Gasteiger partial charge is 0.437 e. The van der Waals surface area contributed by atoms with Crippen LogP contribution in [0.3, 0.4) is 0 Å². The second kappa shape index (κ2) is 6.36. The normalized spacial score (nSPS) is 10.2. The third-order valence-corrected chi connectivity index (χ3v) is 2.96. The summed E-state index contributed by atoms with van der Waals surface area (Å²) in [6, 6.07) is 4.57. The summed E-state index contributed by atoms with van der Waals surface area (Å²) in [5.41, 5.74) is 0.381. The maximum Gasteiger partial charge on any atom is 0.276 e. The predicted molar refractivity (Wildman–Crippen MR) is 79.1 cm³/mol. The lowest BCUT2D eigenvalue weighted by molar-refractivity contribution is -0.385. The number of anilines is 1. The average molecular weight is 309 g/mol. The molecule has 0 fully saturated rings. The van der Waals surface area contributed by atoms with Crippen molar-refractivity contribution in [3.63, 3.8) is 0 Å². The fraction of sp³-hybridized carbons (Fsp3) is 0.231. The van der Waals surface area contributed by atoms with Crippen LogP contribution in [-0.4, -0.2) is 21.4 Å². The standard InChI is InChI=1S/C13H13ClN4O3/c1-3-15-13-16-7-9(14)12(17-13)21-11-6-4-5-10(8(11)2)18(19)20/h4-7H,3H2,1-2H3,(H,15,16,17). The van der Waals surface area contributed by atoms with E-state index in [1.807, 2.05) is 6.92 Å². The van der Waals surface area contributed by atoms with E-state index in [1.165, 1.54) is 12.3 Å². The smallest absolute Gasteiger partial charge is 0.276 e. The fourth-order valence-electron chi connectivity index (χ4n) is 1.68. The highest BCUT2D eigenvalue weighted by atomic mass is 35.5. The monoisotopic (exact) mass is 308 g/mol. The molecule has 0 radical (unpaired) electrons. The van der Waals surface area contributed by atoms with Crippen LogP contribution in [0.5, 0.6) is 11.6 Å². The number of nitrogens with one attached hydrogen (secondary N) is 1. The molecule has 0 saturated heterocycles. The number of rotatable bonds is 5. The molecule has 1 N–H and O–H groups in total. The van der Waals surface area contributed by atoms with E-state index in [0.717, 1.165) is 0 Å². The third kappa shape index (κ3) is 3.38. The van der Waals surface area contributed by atoms with Crippen molar-refractivity contribution in [2.24, 2.45) is 0 Å². The van der Waals surface area contributed by atoms with Gasteiger partial charge in [0.1, 0.15) is 10.8 Å². The molecule has 8 heteroatoms. The van der Waals surface area contributed by atoms with Gasteiger partial charge in [0.05, 0.1) is 16.7 Å². The van der Waals surface area contributed by atoms with Crippen molar-refractivity contribution < 1.29 is 9.66 Å². The molecule has 2 aromatic rings. The van der Waals surface area contributed by atoms with Gasteiger partial charge in [-0.1, -0.05) is 17.7 Å². The number of halogens is 1. The van der Waals surface area contributed by atoms with Crippen molar-refractivity contribution in [1.29, 1.82) is 0 Å². The molecule has 7 nitrogen and oxygen atoms in total. The van der Waals surface area contributed by atoms with Gasteiger partial charge >= 0.3 is 0 Å². The van der Waals surface area contributed by atoms with E-state index < -0.39 is 4.92 Å². The molecular formula is C13H13ClN4O3. The van der Waals surface area contributed by atoms with Gasteiger partial charge in [-0.3, -0.25) is 10.1 Å². The summed E-state index contributed by atoms with van der Waals surface area (Å²) >= 11 is 5.99. The molecule has 2 rings (SSSR count). The topological polar surface area (TPSA) is 90.2 Å². The summed E-state index contributed by atoms with van der Waals surface area (Å²) in [5.74, 6) is 0.846. The Hall–Kier alpha value is -2.41. The number of aromatic nitrogens is 2. The molecule has 0 unspecified atom stereocenters. The maximum atomic E-state index is 10.9. The lowest BCUT2D eigenvalue weighted by Gasteiger charge is -2.10. The van der Waals surface area contributed by atoms with E-state index in [-0.39, 0.29) is 16.6 Å². The SMILES string of the molecule is CCNc1ncc(Cl)c(Oc2cccc([N+](=O)[O-])c2C)n1. The van der Waals surface area contributed by atoms with E-state index in [4.69, 9.17) is 16.3 Å². The summed E-state index contributed by atoms with van der Waals surface area (Å²) in [4.78, 5) is 18.6. The van der Waals surface area contributed by atoms with Gasteiger partial charge in [-0.25, -0.2) is 4.98 Å². The molecule has 1 aromatic heterocycles. The molecule has 1 heterocycles. The highest BCUT2D eigenvalue weighted by molar-refractivity contribution is 6.31. The highest BCUT2D eigenvalue weighted by Gasteiger charge is 2.16. The van der Waals surface area contributed by atoms with E-state index >= 15 is 0 Å². The quantitative estimate of drug-likeness (QED) is 0.670. The lowest BCUT2D eigenvalue weighted by atomic mass is 10.2. The Morgan fingerprint density at radius 1 is 1.48 bits per heavy atom. The van der Waals surface area contributed by atoms with Crippen LogP contribution in [0.15, 0.2) is 24.4 Å². The number of benzene rings is 1. The Morgan fingerprint density at radius 3 is 2.90 bits per heavy atom. The van der Waals surface area contributed by atoms with Gasteiger partial charge in [-0.2, -0.15) is 4.98 Å². The molecule has 0 saturated carbocycles. The van der Waals surface area contributed by atoms with E-state index in [9.17, 15) is 10.1 Å². The Morgan fingerprint density at radius 2 is 2.24 bits per heavy atom. The van der Waals surface area contributed by atoms with Crippen molar-refractivity contribution in [2.75, 3.05) is 11.9 Å². The molecule has 0 spiro atoms. The summed E-state index contributed by atoms with van der Waals surface area (Å²) in [7, 11) is 0. The predicted octanol–water partition coefficient (Wildman–Crippen LogP) is 3.57. The van der Waals surface area contributed by atoms with Crippen LogP contribution in [0.4, 0.5) is 11.6 Å². The van der Waals surface area contributed by atoms with Gasteiger partial charge < -0.3 is 10.1 Å². The minimum Gasteiger partial charge on any atom is -0.437 e. The summed E-state index contributed by atoms with van der Waals surface area (Å²) in [6.45, 7) is 4.16. The van der Waals surface area contributed by atoms with Gasteiger partial charge in [0.25, 0.3) is 5.69 Å². The molecule has 0 aliphatic rings. The third-order valence-electron chi connectivity index (χ3n) is 2.71. The summed E-state index contributed by atoms with van der Waals surface area (Å²) < 4.78 is 5.59. The first-order valence-corrected chi connectivity index (χ1v) is 6.59. The van der Waals surface area contributed by atoms with E-state index in [0.29, 0.717) is 23.8 Å². The molecule has 0 atom stereocenters. The Bertz CT molecular complexity index is 678. The van der Waals surface area contributed by atoms with Gasteiger partial charge in [-0.15, -0.1) is 0 Å². The summed E-state index contributed by atoms with van der Waals surface area (Å²) in [5, 5.41) is 14.1. The van der Waals surface area contributed by atoms with Crippen LogP contribution in [0.1, 0.15) is 12.5 Å². The Labute approximate surface area is 126 Å². The molecule has 0 bridgehead atoms. The van der Waals surface area contributed by atoms with Gasteiger partial charge in [-0.05, 0) is 19.9 Å². The number of hydrogen-bond acceptors (Lipinski definition) is 6. The van der Waals surface area contributed by atoms with Crippen LogP contribution in [0.25, 0.3) is 0 Å². The van der Waals surface area contributed by atoms with Crippen LogP contribution in [0.2, 0.25) is 5.02 Å². The fourth-order valence-corrected chi connectivity index (χ4v) is 1.81. The Balaban J connectivity index is 2.36. The maximum absolute atomic E-state index is 10.9. The van der Waals surface area contributed by atoms with Crippen molar-refractivity contribution in [2.45, 2.75) is 13.8 Å². The number of nitrogens with zero attached hydrogens (tertiary/aromatic N) is 3. The van der Waals surface area contributed by atoms with Gasteiger partial charge in [0.2, 0.25) is 11.8 Å². The zero-order valence-corrected chi connectivity index (χ0v) is 12.2. The molecule has 0 aliphatic heterocycles. The number of ether oxygens (including phenoxy) is 1. The number of hydrogen-bond donors (Lipinski definition) is 1. The van der Waals surface area contributed by atoms with Gasteiger partial charge in [0, 0.05) is 12.6 Å². The van der Waals surface area contributed by atoms with Crippen molar-refractivity contribution in [1.82, 2.24) is 9.97 Å². The Kier molecular flexibility index (Phi) is 4.54. The number of nitro groups is 1. The van der Waals surface area contributed by atoms with Crippen molar-refractivity contribution >= 4 is 23.2 Å². The molecule has 0 amide bonds. The second-order valence-electron chi connectivity index (χ2n) is 4.14. The van der Waals surface area contributed by atoms with Crippen LogP contribution in [0, 0.1) is 17.0 Å². The zero-order valence-electron chi connectivity index (χ0n) is 11.5. The molecule has 0 aliphatic carbocycles. The van der Waals surface area contributed by atoms with Crippen LogP contribution < -0.4 is 10.1 Å². The zero-order chi connectivity index (χ0) is 15.4. The first kappa shape index (κ1) is 15.0. The first-order valence-electron chi connectivity index (χ1n) is 6.21. The van der Waals surface area contributed by atoms with Crippen molar-refractivity contribution in [3.8, 4) is 11.6 Å². The first-order chi connectivity index (χ1) is 10.0. The van der Waals surface area contributed by atoms with Crippen LogP contribution >= 0.6 is 11.6 Å². The number of nitro benzene ring substituents is 1. The molecule has 110 valence electrons. The average Bonchev–Trinajstić information content (AvgIpc) is 2.44. The minimum absolute atomic E-state index is 0.0235. The molecular weight excluding hydrogens is 296 g/mol. The lowest BCUT2D eigenvalue weighted by Crippen LogP contribution is -2.03. The minimum atomic E-state index is -0.464. The van der Waals surface area contributed by atoms with E-state index in [1.54, 1.807) is 19.1 Å². The molecule has 1 aromatic carbocycles. The van der Waals surface area contributed by atoms with Crippen LogP contribution in [-0.2, 0) is 0 Å². The van der Waals surface area contributed by atoms with Crippen molar-refractivity contribution in [3.05, 3.63) is 45.1 Å². The second-order valence-corrected chi connectivity index (χ2v) is 4.54.